The maximum absolute atomic E-state index is 13.8. The number of alkyl halides is 3. The monoisotopic (exact) mass is 504 g/mol. The summed E-state index contributed by atoms with van der Waals surface area (Å²) < 4.78 is 42.4. The van der Waals surface area contributed by atoms with Gasteiger partial charge in [0.05, 0.1) is 5.69 Å². The van der Waals surface area contributed by atoms with Crippen LogP contribution in [-0.4, -0.2) is 34.4 Å². The topological polar surface area (TPSA) is 98.3 Å². The highest BCUT2D eigenvalue weighted by Crippen LogP contribution is 2.37. The lowest BCUT2D eigenvalue weighted by Crippen LogP contribution is -2.39. The number of aromatic nitrogens is 2. The molecule has 1 aromatic heterocycles. The SMILES string of the molecule is NC(=O)c1cccc(-n2nc(C(F)(F)F)c3c2C(=O)N(c2ccc(-c4ccccc4C=O)cc2)CC3)c1. The average Bonchev–Trinajstić information content (AvgIpc) is 3.30. The van der Waals surface area contributed by atoms with Crippen LogP contribution in [0, 0.1) is 0 Å². The van der Waals surface area contributed by atoms with Crippen molar-refractivity contribution in [3.05, 3.63) is 101 Å². The number of amides is 2. The van der Waals surface area contributed by atoms with E-state index in [2.05, 4.69) is 5.10 Å². The zero-order chi connectivity index (χ0) is 26.3. The summed E-state index contributed by atoms with van der Waals surface area (Å²) in [4.78, 5) is 38.0. The highest BCUT2D eigenvalue weighted by molar-refractivity contribution is 6.08. The second-order valence-electron chi connectivity index (χ2n) is 8.46. The number of carbonyl (C=O) groups excluding carboxylic acids is 3. The summed E-state index contributed by atoms with van der Waals surface area (Å²) in [6.07, 6.45) is -4.08. The number of carbonyl (C=O) groups is 3. The van der Waals surface area contributed by atoms with Crippen LogP contribution in [-0.2, 0) is 12.6 Å². The molecule has 2 amide bonds. The molecule has 7 nitrogen and oxygen atoms in total. The molecule has 1 aliphatic heterocycles. The molecular weight excluding hydrogens is 485 g/mol. The van der Waals surface area contributed by atoms with Crippen LogP contribution in [0.3, 0.4) is 0 Å². The van der Waals surface area contributed by atoms with Crippen LogP contribution >= 0.6 is 0 Å². The Labute approximate surface area is 208 Å². The summed E-state index contributed by atoms with van der Waals surface area (Å²) in [5.74, 6) is -1.42. The van der Waals surface area contributed by atoms with Gasteiger partial charge < -0.3 is 10.6 Å². The molecule has 0 saturated heterocycles. The Kier molecular flexibility index (Phi) is 5.87. The van der Waals surface area contributed by atoms with Gasteiger partial charge in [-0.15, -0.1) is 0 Å². The normalized spacial score (nSPS) is 13.4. The standard InChI is InChI=1S/C27H19F3N4O3/c28-27(29,30)24-22-12-13-33(19-10-8-16(9-11-19)21-7-2-1-4-18(21)15-35)26(37)23(22)34(32-24)20-6-3-5-17(14-20)25(31)36/h1-11,14-15H,12-13H2,(H2,31,36). The molecular formula is C27H19F3N4O3. The summed E-state index contributed by atoms with van der Waals surface area (Å²) in [5.41, 5.74) is 6.41. The lowest BCUT2D eigenvalue weighted by molar-refractivity contribution is -0.141. The molecule has 10 heteroatoms. The third-order valence-electron chi connectivity index (χ3n) is 6.24. The molecule has 0 radical (unpaired) electrons. The summed E-state index contributed by atoms with van der Waals surface area (Å²) in [7, 11) is 0. The van der Waals surface area contributed by atoms with Crippen molar-refractivity contribution < 1.29 is 27.6 Å². The molecule has 186 valence electrons. The van der Waals surface area contributed by atoms with E-state index in [0.717, 1.165) is 22.1 Å². The molecule has 0 spiro atoms. The highest BCUT2D eigenvalue weighted by atomic mass is 19.4. The van der Waals surface area contributed by atoms with Crippen LogP contribution < -0.4 is 10.6 Å². The van der Waals surface area contributed by atoms with Crippen LogP contribution in [0.25, 0.3) is 16.8 Å². The van der Waals surface area contributed by atoms with Gasteiger partial charge in [0, 0.05) is 28.9 Å². The molecule has 2 N–H and O–H groups in total. The number of hydrogen-bond acceptors (Lipinski definition) is 4. The molecule has 2 heterocycles. The van der Waals surface area contributed by atoms with Crippen molar-refractivity contribution in [2.45, 2.75) is 12.6 Å². The first-order chi connectivity index (χ1) is 17.7. The van der Waals surface area contributed by atoms with Gasteiger partial charge in [-0.2, -0.15) is 18.3 Å². The number of rotatable bonds is 5. The van der Waals surface area contributed by atoms with Gasteiger partial charge in [-0.05, 0) is 47.9 Å². The summed E-state index contributed by atoms with van der Waals surface area (Å²) in [6, 6.07) is 19.5. The van der Waals surface area contributed by atoms with Crippen LogP contribution in [0.1, 0.15) is 42.5 Å². The third kappa shape index (κ3) is 4.26. The number of primary amides is 1. The fourth-order valence-corrected chi connectivity index (χ4v) is 4.50. The van der Waals surface area contributed by atoms with E-state index in [4.69, 9.17) is 5.73 Å². The molecule has 3 aromatic carbocycles. The molecule has 0 unspecified atom stereocenters. The number of nitrogens with zero attached hydrogens (tertiary/aromatic N) is 3. The van der Waals surface area contributed by atoms with Crippen molar-refractivity contribution in [1.29, 1.82) is 0 Å². The molecule has 0 saturated carbocycles. The number of hydrogen-bond donors (Lipinski definition) is 1. The molecule has 37 heavy (non-hydrogen) atoms. The van der Waals surface area contributed by atoms with Crippen LogP contribution in [0.4, 0.5) is 18.9 Å². The predicted octanol–water partition coefficient (Wildman–Crippen LogP) is 4.67. The second kappa shape index (κ2) is 9.05. The molecule has 0 aliphatic carbocycles. The quantitative estimate of drug-likeness (QED) is 0.399. The summed E-state index contributed by atoms with van der Waals surface area (Å²) in [6.45, 7) is 0.0200. The van der Waals surface area contributed by atoms with E-state index in [1.165, 1.54) is 29.2 Å². The van der Waals surface area contributed by atoms with Crippen molar-refractivity contribution in [2.24, 2.45) is 5.73 Å². The van der Waals surface area contributed by atoms with Crippen molar-refractivity contribution in [3.8, 4) is 16.8 Å². The smallest absolute Gasteiger partial charge is 0.366 e. The Bertz CT molecular complexity index is 1540. The van der Waals surface area contributed by atoms with Crippen molar-refractivity contribution in [1.82, 2.24) is 9.78 Å². The Morgan fingerprint density at radius 2 is 1.70 bits per heavy atom. The van der Waals surface area contributed by atoms with E-state index in [-0.39, 0.29) is 35.5 Å². The first-order valence-corrected chi connectivity index (χ1v) is 11.2. The van der Waals surface area contributed by atoms with E-state index >= 15 is 0 Å². The first kappa shape index (κ1) is 24.0. The number of nitrogens with two attached hydrogens (primary N) is 1. The van der Waals surface area contributed by atoms with Gasteiger partial charge in [0.2, 0.25) is 5.91 Å². The number of halogens is 3. The van der Waals surface area contributed by atoms with E-state index in [1.807, 2.05) is 0 Å². The Balaban J connectivity index is 1.57. The van der Waals surface area contributed by atoms with Gasteiger partial charge in [-0.1, -0.05) is 42.5 Å². The van der Waals surface area contributed by atoms with Gasteiger partial charge in [0.25, 0.3) is 5.91 Å². The lowest BCUT2D eigenvalue weighted by atomic mass is 9.99. The van der Waals surface area contributed by atoms with Crippen LogP contribution in [0.15, 0.2) is 72.8 Å². The lowest BCUT2D eigenvalue weighted by Gasteiger charge is -2.28. The minimum absolute atomic E-state index is 0.0200. The minimum Gasteiger partial charge on any atom is -0.366 e. The first-order valence-electron chi connectivity index (χ1n) is 11.2. The largest absolute Gasteiger partial charge is 0.435 e. The Morgan fingerprint density at radius 1 is 0.973 bits per heavy atom. The number of fused-ring (bicyclic) bond motifs is 1. The van der Waals surface area contributed by atoms with Gasteiger partial charge >= 0.3 is 6.18 Å². The van der Waals surface area contributed by atoms with E-state index < -0.39 is 23.7 Å². The van der Waals surface area contributed by atoms with Gasteiger partial charge in [0.1, 0.15) is 5.69 Å². The van der Waals surface area contributed by atoms with Crippen LogP contribution in [0.5, 0.6) is 0 Å². The number of benzene rings is 3. The number of anilines is 1. The minimum atomic E-state index is -4.77. The van der Waals surface area contributed by atoms with Crippen molar-refractivity contribution in [2.75, 3.05) is 11.4 Å². The highest BCUT2D eigenvalue weighted by Gasteiger charge is 2.43. The fraction of sp³-hybridized carbons (Fsp3) is 0.111. The Morgan fingerprint density at radius 3 is 2.38 bits per heavy atom. The molecule has 5 rings (SSSR count). The van der Waals surface area contributed by atoms with Gasteiger partial charge in [-0.25, -0.2) is 4.68 Å². The molecule has 1 aliphatic rings. The van der Waals surface area contributed by atoms with E-state index in [9.17, 15) is 27.6 Å². The maximum atomic E-state index is 13.8. The molecule has 0 bridgehead atoms. The fourth-order valence-electron chi connectivity index (χ4n) is 4.50. The zero-order valence-corrected chi connectivity index (χ0v) is 19.2. The second-order valence-corrected chi connectivity index (χ2v) is 8.46. The van der Waals surface area contributed by atoms with Gasteiger partial charge in [-0.3, -0.25) is 14.4 Å². The van der Waals surface area contributed by atoms with E-state index in [0.29, 0.717) is 11.3 Å². The summed E-state index contributed by atoms with van der Waals surface area (Å²) in [5, 5.41) is 3.74. The average molecular weight is 504 g/mol. The zero-order valence-electron chi connectivity index (χ0n) is 19.2. The third-order valence-corrected chi connectivity index (χ3v) is 6.24. The summed E-state index contributed by atoms with van der Waals surface area (Å²) >= 11 is 0. The predicted molar refractivity (Wildman–Crippen MR) is 130 cm³/mol. The van der Waals surface area contributed by atoms with Crippen LogP contribution in [0.2, 0.25) is 0 Å². The maximum Gasteiger partial charge on any atom is 0.435 e. The van der Waals surface area contributed by atoms with Crippen molar-refractivity contribution in [3.63, 3.8) is 0 Å². The number of aldehydes is 1. The van der Waals surface area contributed by atoms with Gasteiger partial charge in [0.15, 0.2) is 12.0 Å². The molecule has 0 fully saturated rings. The Hall–Kier alpha value is -4.73. The van der Waals surface area contributed by atoms with E-state index in [1.54, 1.807) is 48.5 Å². The van der Waals surface area contributed by atoms with Crippen molar-refractivity contribution >= 4 is 23.8 Å². The molecule has 0 atom stereocenters. The molecule has 4 aromatic rings.